The van der Waals surface area contributed by atoms with Gasteiger partial charge < -0.3 is 4.74 Å². The maximum atomic E-state index is 12.2. The zero-order chi connectivity index (χ0) is 13.0. The van der Waals surface area contributed by atoms with Crippen LogP contribution in [0.4, 0.5) is 8.78 Å². The number of rotatable bonds is 4. The number of pyridine rings is 1. The molecule has 0 atom stereocenters. The maximum absolute atomic E-state index is 12.2. The second-order valence-corrected chi connectivity index (χ2v) is 3.91. The molecule has 1 aromatic carbocycles. The normalized spacial score (nSPS) is 10.7. The highest BCUT2D eigenvalue weighted by Gasteiger charge is 2.09. The van der Waals surface area contributed by atoms with Gasteiger partial charge in [-0.25, -0.2) is 0 Å². The van der Waals surface area contributed by atoms with Crippen molar-refractivity contribution in [1.82, 2.24) is 4.98 Å². The van der Waals surface area contributed by atoms with E-state index in [1.807, 2.05) is 6.07 Å². The van der Waals surface area contributed by atoms with E-state index in [9.17, 15) is 8.78 Å². The van der Waals surface area contributed by atoms with Crippen molar-refractivity contribution in [3.05, 3.63) is 65.3 Å². The minimum Gasteiger partial charge on any atom is -0.433 e. The summed E-state index contributed by atoms with van der Waals surface area (Å²) in [6.07, 6.45) is 5.12. The van der Waals surface area contributed by atoms with E-state index in [-0.39, 0.29) is 10.8 Å². The Morgan fingerprint density at radius 2 is 2.06 bits per heavy atom. The number of hydrogen-bond acceptors (Lipinski definition) is 2. The summed E-state index contributed by atoms with van der Waals surface area (Å²) >= 11 is 5.76. The molecule has 0 saturated heterocycles. The quantitative estimate of drug-likeness (QED) is 0.838. The van der Waals surface area contributed by atoms with E-state index < -0.39 is 6.61 Å². The molecule has 1 radical (unpaired) electrons. The van der Waals surface area contributed by atoms with E-state index in [2.05, 4.69) is 9.72 Å². The summed E-state index contributed by atoms with van der Waals surface area (Å²) in [5.74, 6) is -0.0377. The summed E-state index contributed by atoms with van der Waals surface area (Å²) in [7, 11) is 0. The monoisotopic (exact) mass is 268 g/mol. The van der Waals surface area contributed by atoms with Gasteiger partial charge in [-0.15, -0.1) is 0 Å². The predicted molar refractivity (Wildman–Crippen MR) is 64.8 cm³/mol. The average Bonchev–Trinajstić information content (AvgIpc) is 2.34. The molecule has 0 bridgehead atoms. The van der Waals surface area contributed by atoms with Crippen LogP contribution in [0.5, 0.6) is 5.75 Å². The first kappa shape index (κ1) is 12.8. The van der Waals surface area contributed by atoms with Crippen LogP contribution >= 0.6 is 11.6 Å². The zero-order valence-electron chi connectivity index (χ0n) is 9.19. The summed E-state index contributed by atoms with van der Waals surface area (Å²) in [6, 6.07) is 8.34. The van der Waals surface area contributed by atoms with E-state index in [1.165, 1.54) is 12.1 Å². The molecule has 18 heavy (non-hydrogen) atoms. The minimum atomic E-state index is -2.89. The van der Waals surface area contributed by atoms with Gasteiger partial charge in [-0.05, 0) is 29.3 Å². The molecule has 0 unspecified atom stereocenters. The Balaban J connectivity index is 2.19. The van der Waals surface area contributed by atoms with Crippen LogP contribution in [0.3, 0.4) is 0 Å². The van der Waals surface area contributed by atoms with Crippen LogP contribution < -0.4 is 4.74 Å². The third kappa shape index (κ3) is 3.40. The Labute approximate surface area is 108 Å². The summed E-state index contributed by atoms with van der Waals surface area (Å²) in [4.78, 5) is 3.96. The van der Waals surface area contributed by atoms with E-state index >= 15 is 0 Å². The number of aromatic nitrogens is 1. The van der Waals surface area contributed by atoms with Gasteiger partial charge in [-0.1, -0.05) is 23.7 Å². The van der Waals surface area contributed by atoms with Crippen LogP contribution in [0.15, 0.2) is 42.7 Å². The van der Waals surface area contributed by atoms with Crippen molar-refractivity contribution < 1.29 is 13.5 Å². The van der Waals surface area contributed by atoms with Crippen LogP contribution in [-0.2, 0) is 0 Å². The van der Waals surface area contributed by atoms with Crippen molar-refractivity contribution in [2.75, 3.05) is 0 Å². The lowest BCUT2D eigenvalue weighted by atomic mass is 10.1. The Morgan fingerprint density at radius 3 is 2.72 bits per heavy atom. The molecule has 0 saturated carbocycles. The standard InChI is InChI=1S/C13H9ClF2NO/c14-11-4-3-9(7-12(11)18-13(15)16)6-10-2-1-5-17-8-10/h1-8,13H. The van der Waals surface area contributed by atoms with Crippen LogP contribution in [0.2, 0.25) is 5.02 Å². The third-order valence-corrected chi connectivity index (χ3v) is 2.50. The molecule has 0 aliphatic heterocycles. The van der Waals surface area contributed by atoms with Gasteiger partial charge in [-0.3, -0.25) is 4.98 Å². The molecule has 0 amide bonds. The molecule has 2 rings (SSSR count). The van der Waals surface area contributed by atoms with Gasteiger partial charge in [-0.2, -0.15) is 8.78 Å². The van der Waals surface area contributed by atoms with Gasteiger partial charge in [0, 0.05) is 18.8 Å². The van der Waals surface area contributed by atoms with Crippen LogP contribution in [0.1, 0.15) is 11.1 Å². The highest BCUT2D eigenvalue weighted by molar-refractivity contribution is 6.32. The highest BCUT2D eigenvalue weighted by atomic mass is 35.5. The third-order valence-electron chi connectivity index (χ3n) is 2.19. The Morgan fingerprint density at radius 1 is 1.22 bits per heavy atom. The van der Waals surface area contributed by atoms with Gasteiger partial charge >= 0.3 is 6.61 Å². The first-order chi connectivity index (χ1) is 8.65. The fourth-order valence-corrected chi connectivity index (χ4v) is 1.61. The second-order valence-electron chi connectivity index (χ2n) is 3.50. The number of alkyl halides is 2. The fraction of sp³-hybridized carbons (Fsp3) is 0.0769. The Hall–Kier alpha value is -1.68. The molecular formula is C13H9ClF2NO. The van der Waals surface area contributed by atoms with Crippen molar-refractivity contribution in [1.29, 1.82) is 0 Å². The minimum absolute atomic E-state index is 0.0377. The predicted octanol–water partition coefficient (Wildman–Crippen LogP) is 3.94. The molecular weight excluding hydrogens is 260 g/mol. The SMILES string of the molecule is FC(F)Oc1cc([CH]c2cccnc2)ccc1Cl. The topological polar surface area (TPSA) is 22.1 Å². The van der Waals surface area contributed by atoms with Crippen molar-refractivity contribution in [2.24, 2.45) is 0 Å². The van der Waals surface area contributed by atoms with Gasteiger partial charge in [0.2, 0.25) is 0 Å². The number of halogens is 3. The number of nitrogens with zero attached hydrogens (tertiary/aromatic N) is 1. The van der Waals surface area contributed by atoms with Crippen molar-refractivity contribution in [3.8, 4) is 5.75 Å². The zero-order valence-corrected chi connectivity index (χ0v) is 9.94. The summed E-state index contributed by atoms with van der Waals surface area (Å²) in [5.41, 5.74) is 1.57. The van der Waals surface area contributed by atoms with E-state index in [4.69, 9.17) is 11.6 Å². The summed E-state index contributed by atoms with van der Waals surface area (Å²) < 4.78 is 28.6. The fourth-order valence-electron chi connectivity index (χ4n) is 1.45. The van der Waals surface area contributed by atoms with Crippen LogP contribution in [0, 0.1) is 6.42 Å². The molecule has 0 fully saturated rings. The number of hydrogen-bond donors (Lipinski definition) is 0. The first-order valence-electron chi connectivity index (χ1n) is 5.14. The molecule has 2 aromatic rings. The van der Waals surface area contributed by atoms with Gasteiger partial charge in [0.05, 0.1) is 5.02 Å². The summed E-state index contributed by atoms with van der Waals surface area (Å²) in [6.45, 7) is -2.89. The van der Waals surface area contributed by atoms with Crippen molar-refractivity contribution >= 4 is 11.6 Å². The molecule has 93 valence electrons. The molecule has 1 heterocycles. The summed E-state index contributed by atoms with van der Waals surface area (Å²) in [5, 5.41) is 0.152. The lowest BCUT2D eigenvalue weighted by Crippen LogP contribution is -2.02. The Bertz CT molecular complexity index is 520. The number of benzene rings is 1. The van der Waals surface area contributed by atoms with Crippen LogP contribution in [0.25, 0.3) is 0 Å². The molecule has 0 aliphatic carbocycles. The maximum Gasteiger partial charge on any atom is 0.387 e. The lowest BCUT2D eigenvalue weighted by Gasteiger charge is -2.08. The highest BCUT2D eigenvalue weighted by Crippen LogP contribution is 2.28. The molecule has 1 aromatic heterocycles. The average molecular weight is 269 g/mol. The molecule has 0 N–H and O–H groups in total. The van der Waals surface area contributed by atoms with E-state index in [1.54, 1.807) is 30.9 Å². The lowest BCUT2D eigenvalue weighted by molar-refractivity contribution is -0.0498. The second kappa shape index (κ2) is 5.78. The first-order valence-corrected chi connectivity index (χ1v) is 5.52. The van der Waals surface area contributed by atoms with Crippen molar-refractivity contribution in [3.63, 3.8) is 0 Å². The van der Waals surface area contributed by atoms with Gasteiger partial charge in [0.25, 0.3) is 0 Å². The molecule has 0 spiro atoms. The molecule has 2 nitrogen and oxygen atoms in total. The van der Waals surface area contributed by atoms with E-state index in [0.717, 1.165) is 5.56 Å². The van der Waals surface area contributed by atoms with E-state index in [0.29, 0.717) is 5.56 Å². The molecule has 0 aliphatic rings. The number of ether oxygens (including phenoxy) is 1. The van der Waals surface area contributed by atoms with Crippen molar-refractivity contribution in [2.45, 2.75) is 6.61 Å². The smallest absolute Gasteiger partial charge is 0.387 e. The van der Waals surface area contributed by atoms with Gasteiger partial charge in [0.1, 0.15) is 5.75 Å². The Kier molecular flexibility index (Phi) is 4.10. The van der Waals surface area contributed by atoms with Gasteiger partial charge in [0.15, 0.2) is 0 Å². The largest absolute Gasteiger partial charge is 0.433 e. The van der Waals surface area contributed by atoms with Crippen LogP contribution in [-0.4, -0.2) is 11.6 Å². The molecule has 5 heteroatoms.